The smallest absolute Gasteiger partial charge is 0.462 e. The summed E-state index contributed by atoms with van der Waals surface area (Å²) in [5.41, 5.74) is 0. The minimum atomic E-state index is -4.97. The standard InChI is InChI=1S/C77H138O17P2/c1-5-9-13-17-21-25-29-33-35-39-42-46-50-54-58-62-75(80)88-68-72(93-76(81)63-59-55-51-47-43-38-32-28-24-20-16-12-8-4)69-91-95(83,84)89-65-71(78)66-90-96(85,86)92-70-73(67-87-74(79)61-57-53-49-45-41-37-31-27-23-19-15-11-7-3)94-77(82)64-60-56-52-48-44-40-36-34-30-26-22-18-14-10-6-2/h25-36,71-73,78H,5-24,37-70H2,1-4H3,(H,83,84)(H,85,86)/b29-25-,30-26-,31-27-,32-28-,35-33-,36-34-/t71-,72+,73+/m0/s1. The van der Waals surface area contributed by atoms with Crippen molar-refractivity contribution in [1.82, 2.24) is 0 Å². The molecule has 3 N–H and O–H groups in total. The maximum atomic E-state index is 13.1. The lowest BCUT2D eigenvalue weighted by Gasteiger charge is -2.21. The van der Waals surface area contributed by atoms with Crippen LogP contribution in [0.5, 0.6) is 0 Å². The van der Waals surface area contributed by atoms with Gasteiger partial charge in [-0.25, -0.2) is 9.13 Å². The van der Waals surface area contributed by atoms with Crippen LogP contribution < -0.4 is 0 Å². The first kappa shape index (κ1) is 92.5. The summed E-state index contributed by atoms with van der Waals surface area (Å²) in [5, 5.41) is 10.6. The number of aliphatic hydroxyl groups is 1. The molecule has 0 saturated carbocycles. The average molecular weight is 1400 g/mol. The molecule has 558 valence electrons. The molecule has 0 aromatic carbocycles. The minimum absolute atomic E-state index is 0.0779. The molecule has 0 aliphatic heterocycles. The lowest BCUT2D eigenvalue weighted by Crippen LogP contribution is -2.30. The molecule has 0 aliphatic carbocycles. The summed E-state index contributed by atoms with van der Waals surface area (Å²) in [6.07, 6.45) is 68.9. The lowest BCUT2D eigenvalue weighted by molar-refractivity contribution is -0.161. The van der Waals surface area contributed by atoms with Crippen molar-refractivity contribution >= 4 is 39.5 Å². The van der Waals surface area contributed by atoms with E-state index in [0.29, 0.717) is 25.7 Å². The molecule has 0 fully saturated rings. The Morgan fingerprint density at radius 2 is 0.510 bits per heavy atom. The number of phosphoric acid groups is 2. The molecule has 2 unspecified atom stereocenters. The zero-order valence-corrected chi connectivity index (χ0v) is 62.6. The third kappa shape index (κ3) is 69.0. The number of hydrogen-bond donors (Lipinski definition) is 3. The number of allylic oxidation sites excluding steroid dienone is 12. The van der Waals surface area contributed by atoms with Crippen molar-refractivity contribution in [3.63, 3.8) is 0 Å². The Morgan fingerprint density at radius 3 is 0.781 bits per heavy atom. The summed E-state index contributed by atoms with van der Waals surface area (Å²) in [5.74, 6) is -2.21. The first-order valence-corrected chi connectivity index (χ1v) is 41.2. The van der Waals surface area contributed by atoms with Gasteiger partial charge in [0.1, 0.15) is 19.3 Å². The summed E-state index contributed by atoms with van der Waals surface area (Å²) < 4.78 is 68.4. The molecule has 0 heterocycles. The summed E-state index contributed by atoms with van der Waals surface area (Å²) in [6.45, 7) is 4.78. The van der Waals surface area contributed by atoms with Gasteiger partial charge in [-0.05, 0) is 128 Å². The molecule has 96 heavy (non-hydrogen) atoms. The lowest BCUT2D eigenvalue weighted by atomic mass is 10.1. The number of aliphatic hydroxyl groups excluding tert-OH is 1. The van der Waals surface area contributed by atoms with Gasteiger partial charge in [-0.1, -0.05) is 255 Å². The Morgan fingerprint density at radius 1 is 0.292 bits per heavy atom. The SMILES string of the molecule is CCCCCC/C=C\C=C/CCCCCCCC(=O)OC[C@H](COP(=O)(O)OC[C@H](O)COP(=O)(O)OC[C@@H](COC(=O)CCCCCCC/C=C\CCCCCC)OC(=O)CCCCCCC/C=C\C=C/CCCCCC)OC(=O)CCCCCCC/C=C\CCCCCC. The van der Waals surface area contributed by atoms with E-state index in [1.54, 1.807) is 0 Å². The number of phosphoric ester groups is 2. The van der Waals surface area contributed by atoms with Gasteiger partial charge in [-0.3, -0.25) is 37.3 Å². The molecule has 0 aromatic rings. The van der Waals surface area contributed by atoms with Crippen molar-refractivity contribution in [2.75, 3.05) is 39.6 Å². The highest BCUT2D eigenvalue weighted by atomic mass is 31.2. The van der Waals surface area contributed by atoms with Crippen LogP contribution in [0, 0.1) is 0 Å². The maximum absolute atomic E-state index is 13.1. The van der Waals surface area contributed by atoms with Crippen LogP contribution >= 0.6 is 15.6 Å². The summed E-state index contributed by atoms with van der Waals surface area (Å²) in [4.78, 5) is 72.8. The highest BCUT2D eigenvalue weighted by Gasteiger charge is 2.30. The van der Waals surface area contributed by atoms with Crippen LogP contribution in [0.25, 0.3) is 0 Å². The molecule has 0 amide bonds. The Labute approximate surface area is 583 Å². The Balaban J connectivity index is 5.36. The number of rotatable bonds is 72. The van der Waals surface area contributed by atoms with Crippen molar-refractivity contribution in [3.05, 3.63) is 72.9 Å². The van der Waals surface area contributed by atoms with Gasteiger partial charge in [-0.15, -0.1) is 0 Å². The van der Waals surface area contributed by atoms with Crippen LogP contribution in [0.3, 0.4) is 0 Å². The Bertz CT molecular complexity index is 2110. The third-order valence-corrected chi connectivity index (χ3v) is 18.1. The van der Waals surface area contributed by atoms with E-state index in [-0.39, 0.29) is 25.7 Å². The van der Waals surface area contributed by atoms with Crippen LogP contribution in [0.2, 0.25) is 0 Å². The van der Waals surface area contributed by atoms with Crippen LogP contribution in [-0.2, 0) is 65.4 Å². The molecular weight excluding hydrogens is 1260 g/mol. The molecule has 5 atom stereocenters. The molecule has 0 aliphatic rings. The Hall–Kier alpha value is -3.50. The van der Waals surface area contributed by atoms with Gasteiger partial charge in [0.2, 0.25) is 0 Å². The highest BCUT2D eigenvalue weighted by molar-refractivity contribution is 7.47. The molecule has 17 nitrogen and oxygen atoms in total. The van der Waals surface area contributed by atoms with E-state index in [1.165, 1.54) is 103 Å². The van der Waals surface area contributed by atoms with Gasteiger partial charge >= 0.3 is 39.5 Å². The molecule has 19 heteroatoms. The van der Waals surface area contributed by atoms with Crippen molar-refractivity contribution in [2.45, 2.75) is 354 Å². The fraction of sp³-hybridized carbons (Fsp3) is 0.792. The second-order valence-corrected chi connectivity index (χ2v) is 28.5. The second-order valence-electron chi connectivity index (χ2n) is 25.6. The predicted molar refractivity (Wildman–Crippen MR) is 390 cm³/mol. The summed E-state index contributed by atoms with van der Waals surface area (Å²) >= 11 is 0. The summed E-state index contributed by atoms with van der Waals surface area (Å²) in [6, 6.07) is 0. The maximum Gasteiger partial charge on any atom is 0.472 e. The van der Waals surface area contributed by atoms with Crippen LogP contribution in [-0.4, -0.2) is 96.7 Å². The quantitative estimate of drug-likeness (QED) is 0.0128. The van der Waals surface area contributed by atoms with E-state index < -0.39 is 97.5 Å². The van der Waals surface area contributed by atoms with Crippen LogP contribution in [0.15, 0.2) is 72.9 Å². The topological polar surface area (TPSA) is 237 Å². The van der Waals surface area contributed by atoms with Crippen molar-refractivity contribution < 1.29 is 80.2 Å². The molecule has 0 radical (unpaired) electrons. The van der Waals surface area contributed by atoms with Crippen LogP contribution in [0.4, 0.5) is 0 Å². The highest BCUT2D eigenvalue weighted by Crippen LogP contribution is 2.45. The number of carbonyl (C=O) groups is 4. The monoisotopic (exact) mass is 1400 g/mol. The predicted octanol–water partition coefficient (Wildman–Crippen LogP) is 21.7. The zero-order valence-electron chi connectivity index (χ0n) is 60.8. The van der Waals surface area contributed by atoms with E-state index in [4.69, 9.17) is 37.0 Å². The van der Waals surface area contributed by atoms with Gasteiger partial charge in [0.15, 0.2) is 12.2 Å². The van der Waals surface area contributed by atoms with Crippen molar-refractivity contribution in [2.24, 2.45) is 0 Å². The Kier molecular flexibility index (Phi) is 67.4. The largest absolute Gasteiger partial charge is 0.472 e. The van der Waals surface area contributed by atoms with E-state index >= 15 is 0 Å². The number of carbonyl (C=O) groups excluding carboxylic acids is 4. The van der Waals surface area contributed by atoms with Gasteiger partial charge in [0.25, 0.3) is 0 Å². The molecule has 0 saturated heterocycles. The van der Waals surface area contributed by atoms with Gasteiger partial charge < -0.3 is 33.8 Å². The van der Waals surface area contributed by atoms with E-state index in [1.807, 2.05) is 0 Å². The van der Waals surface area contributed by atoms with Crippen molar-refractivity contribution in [3.8, 4) is 0 Å². The first-order chi connectivity index (χ1) is 46.7. The molecular formula is C77H138O17P2. The molecule has 0 rings (SSSR count). The normalized spacial score (nSPS) is 14.4. The fourth-order valence-electron chi connectivity index (χ4n) is 10.2. The zero-order chi connectivity index (χ0) is 70.4. The molecule has 0 bridgehead atoms. The number of esters is 4. The van der Waals surface area contributed by atoms with E-state index in [9.17, 15) is 43.2 Å². The van der Waals surface area contributed by atoms with Gasteiger partial charge in [0, 0.05) is 25.7 Å². The molecule has 0 spiro atoms. The van der Waals surface area contributed by atoms with Gasteiger partial charge in [0.05, 0.1) is 26.4 Å². The summed E-state index contributed by atoms with van der Waals surface area (Å²) in [7, 11) is -9.95. The minimum Gasteiger partial charge on any atom is -0.462 e. The second kappa shape index (κ2) is 70.0. The third-order valence-electron chi connectivity index (χ3n) is 16.2. The molecule has 0 aromatic heterocycles. The number of hydrogen-bond acceptors (Lipinski definition) is 15. The number of ether oxygens (including phenoxy) is 4. The van der Waals surface area contributed by atoms with Gasteiger partial charge in [-0.2, -0.15) is 0 Å². The van der Waals surface area contributed by atoms with Crippen LogP contribution in [0.1, 0.15) is 336 Å². The fourth-order valence-corrected chi connectivity index (χ4v) is 11.8. The van der Waals surface area contributed by atoms with E-state index in [0.717, 1.165) is 154 Å². The number of unbranched alkanes of at least 4 members (excludes halogenated alkanes) is 36. The van der Waals surface area contributed by atoms with Crippen molar-refractivity contribution in [1.29, 1.82) is 0 Å². The average Bonchev–Trinajstić information content (AvgIpc) is 1.17. The first-order valence-electron chi connectivity index (χ1n) is 38.2. The van der Waals surface area contributed by atoms with E-state index in [2.05, 4.69) is 101 Å².